The third kappa shape index (κ3) is 4.00. The van der Waals surface area contributed by atoms with E-state index in [1.165, 1.54) is 4.31 Å². The van der Waals surface area contributed by atoms with Crippen LogP contribution in [0.25, 0.3) is 21.8 Å². The van der Waals surface area contributed by atoms with Gasteiger partial charge in [0.1, 0.15) is 0 Å². The summed E-state index contributed by atoms with van der Waals surface area (Å²) in [5.41, 5.74) is 1.82. The summed E-state index contributed by atoms with van der Waals surface area (Å²) in [6.45, 7) is 3.34. The summed E-state index contributed by atoms with van der Waals surface area (Å²) in [6, 6.07) is 20.7. The third-order valence-corrected chi connectivity index (χ3v) is 8.28. The molecule has 1 aliphatic heterocycles. The minimum absolute atomic E-state index is 0.109. The number of benzene rings is 3. The number of fused-ring (bicyclic) bond motifs is 2. The van der Waals surface area contributed by atoms with E-state index in [9.17, 15) is 13.2 Å². The number of carbonyl (C=O) groups excluding carboxylic acids is 1. The van der Waals surface area contributed by atoms with Gasteiger partial charge in [0, 0.05) is 25.6 Å². The first-order valence-electron chi connectivity index (χ1n) is 11.2. The minimum atomic E-state index is -3.60. The SMILES string of the molecule is CCn1c(NC(=O)C2CCN(S(=O)(=O)c3ccc4ccccc4c3)CC2)nc2ccccc21. The number of imidazole rings is 1. The van der Waals surface area contributed by atoms with Crippen LogP contribution in [-0.4, -0.2) is 41.3 Å². The molecule has 1 saturated heterocycles. The van der Waals surface area contributed by atoms with Crippen molar-refractivity contribution in [3.8, 4) is 0 Å². The Bertz CT molecular complexity index is 1440. The molecule has 1 fully saturated rings. The first kappa shape index (κ1) is 21.6. The van der Waals surface area contributed by atoms with Crippen LogP contribution in [0.5, 0.6) is 0 Å². The van der Waals surface area contributed by atoms with E-state index in [2.05, 4.69) is 10.3 Å². The molecule has 0 radical (unpaired) electrons. The van der Waals surface area contributed by atoms with E-state index in [-0.39, 0.29) is 11.8 Å². The number of hydrogen-bond acceptors (Lipinski definition) is 4. The fourth-order valence-corrected chi connectivity index (χ4v) is 6.04. The maximum absolute atomic E-state index is 13.2. The highest BCUT2D eigenvalue weighted by molar-refractivity contribution is 7.89. The summed E-state index contributed by atoms with van der Waals surface area (Å²) in [5, 5.41) is 4.87. The number of aryl methyl sites for hydroxylation is 1. The predicted octanol–water partition coefficient (Wildman–Crippen LogP) is 4.25. The Labute approximate surface area is 193 Å². The van der Waals surface area contributed by atoms with Gasteiger partial charge in [-0.05, 0) is 54.8 Å². The van der Waals surface area contributed by atoms with Crippen molar-refractivity contribution in [1.29, 1.82) is 0 Å². The molecule has 1 aromatic heterocycles. The number of amides is 1. The molecule has 1 N–H and O–H groups in total. The van der Waals surface area contributed by atoms with Crippen molar-refractivity contribution in [2.75, 3.05) is 18.4 Å². The number of sulfonamides is 1. The van der Waals surface area contributed by atoms with Crippen LogP contribution < -0.4 is 5.32 Å². The lowest BCUT2D eigenvalue weighted by Crippen LogP contribution is -2.41. The van der Waals surface area contributed by atoms with Crippen LogP contribution >= 0.6 is 0 Å². The summed E-state index contributed by atoms with van der Waals surface area (Å²) in [6.07, 6.45) is 0.954. The lowest BCUT2D eigenvalue weighted by atomic mass is 9.97. The van der Waals surface area contributed by atoms with Gasteiger partial charge in [0.15, 0.2) is 0 Å². The molecule has 0 saturated carbocycles. The molecule has 4 aromatic rings. The molecule has 0 aliphatic carbocycles. The second-order valence-corrected chi connectivity index (χ2v) is 10.3. The van der Waals surface area contributed by atoms with E-state index in [1.807, 2.05) is 66.1 Å². The van der Waals surface area contributed by atoms with Crippen molar-refractivity contribution in [1.82, 2.24) is 13.9 Å². The van der Waals surface area contributed by atoms with Gasteiger partial charge in [0.2, 0.25) is 21.9 Å². The van der Waals surface area contributed by atoms with E-state index in [1.54, 1.807) is 12.1 Å². The molecule has 8 heteroatoms. The highest BCUT2D eigenvalue weighted by Crippen LogP contribution is 2.27. The molecule has 1 aliphatic rings. The molecule has 0 bridgehead atoms. The standard InChI is InChI=1S/C25H26N4O3S/c1-2-29-23-10-6-5-9-22(23)26-25(29)27-24(30)19-13-15-28(16-14-19)33(31,32)21-12-11-18-7-3-4-8-20(18)17-21/h3-12,17,19H,2,13-16H2,1H3,(H,26,27,30). The van der Waals surface area contributed by atoms with Gasteiger partial charge in [0.05, 0.1) is 15.9 Å². The normalized spacial score (nSPS) is 15.8. The van der Waals surface area contributed by atoms with Crippen molar-refractivity contribution in [2.45, 2.75) is 31.2 Å². The summed E-state index contributed by atoms with van der Waals surface area (Å²) in [5.74, 6) is 0.177. The van der Waals surface area contributed by atoms with E-state index in [0.29, 0.717) is 43.3 Å². The summed E-state index contributed by atoms with van der Waals surface area (Å²) in [7, 11) is -3.60. The molecular formula is C25H26N4O3S. The number of nitrogens with zero attached hydrogens (tertiary/aromatic N) is 3. The minimum Gasteiger partial charge on any atom is -0.310 e. The first-order valence-corrected chi connectivity index (χ1v) is 12.7. The number of aromatic nitrogens is 2. The molecule has 5 rings (SSSR count). The topological polar surface area (TPSA) is 84.3 Å². The van der Waals surface area contributed by atoms with Gasteiger partial charge in [-0.1, -0.05) is 42.5 Å². The first-order chi connectivity index (χ1) is 16.0. The Kier molecular flexibility index (Phi) is 5.64. The van der Waals surface area contributed by atoms with E-state index >= 15 is 0 Å². The lowest BCUT2D eigenvalue weighted by Gasteiger charge is -2.30. The molecule has 0 unspecified atom stereocenters. The van der Waals surface area contributed by atoms with Crippen LogP contribution in [0.3, 0.4) is 0 Å². The monoisotopic (exact) mass is 462 g/mol. The quantitative estimate of drug-likeness (QED) is 0.481. The van der Waals surface area contributed by atoms with Gasteiger partial charge < -0.3 is 4.57 Å². The van der Waals surface area contributed by atoms with Crippen LogP contribution in [-0.2, 0) is 21.4 Å². The Morgan fingerprint density at radius 1 is 1.00 bits per heavy atom. The van der Waals surface area contributed by atoms with Crippen LogP contribution in [0.2, 0.25) is 0 Å². The molecule has 33 heavy (non-hydrogen) atoms. The number of anilines is 1. The van der Waals surface area contributed by atoms with Crippen LogP contribution in [0.1, 0.15) is 19.8 Å². The van der Waals surface area contributed by atoms with Gasteiger partial charge in [-0.2, -0.15) is 4.31 Å². The molecule has 7 nitrogen and oxygen atoms in total. The van der Waals surface area contributed by atoms with Gasteiger partial charge in [-0.3, -0.25) is 10.1 Å². The summed E-state index contributed by atoms with van der Waals surface area (Å²) in [4.78, 5) is 17.8. The molecule has 0 atom stereocenters. The number of piperidine rings is 1. The number of para-hydroxylation sites is 2. The largest absolute Gasteiger partial charge is 0.310 e. The molecule has 0 spiro atoms. The summed E-state index contributed by atoms with van der Waals surface area (Å²) < 4.78 is 29.9. The molecule has 1 amide bonds. The molecular weight excluding hydrogens is 436 g/mol. The van der Waals surface area contributed by atoms with Gasteiger partial charge in [-0.15, -0.1) is 0 Å². The van der Waals surface area contributed by atoms with Crippen molar-refractivity contribution in [3.63, 3.8) is 0 Å². The van der Waals surface area contributed by atoms with Crippen molar-refractivity contribution < 1.29 is 13.2 Å². The van der Waals surface area contributed by atoms with Crippen LogP contribution in [0.15, 0.2) is 71.6 Å². The Morgan fingerprint density at radius 2 is 1.70 bits per heavy atom. The Balaban J connectivity index is 1.28. The van der Waals surface area contributed by atoms with Gasteiger partial charge in [-0.25, -0.2) is 13.4 Å². The van der Waals surface area contributed by atoms with E-state index in [0.717, 1.165) is 21.8 Å². The predicted molar refractivity (Wildman–Crippen MR) is 129 cm³/mol. The highest BCUT2D eigenvalue weighted by atomic mass is 32.2. The number of nitrogens with one attached hydrogen (secondary N) is 1. The average molecular weight is 463 g/mol. The number of carbonyl (C=O) groups is 1. The zero-order valence-corrected chi connectivity index (χ0v) is 19.3. The van der Waals surface area contributed by atoms with E-state index < -0.39 is 10.0 Å². The van der Waals surface area contributed by atoms with Gasteiger partial charge in [0.25, 0.3) is 0 Å². The second kappa shape index (κ2) is 8.61. The fraction of sp³-hybridized carbons (Fsp3) is 0.280. The smallest absolute Gasteiger partial charge is 0.243 e. The number of hydrogen-bond donors (Lipinski definition) is 1. The highest BCUT2D eigenvalue weighted by Gasteiger charge is 2.32. The third-order valence-electron chi connectivity index (χ3n) is 6.39. The number of rotatable bonds is 5. The Hall–Kier alpha value is -3.23. The lowest BCUT2D eigenvalue weighted by molar-refractivity contribution is -0.121. The Morgan fingerprint density at radius 3 is 2.45 bits per heavy atom. The molecule has 2 heterocycles. The van der Waals surface area contributed by atoms with Crippen molar-refractivity contribution in [3.05, 3.63) is 66.7 Å². The zero-order chi connectivity index (χ0) is 23.0. The van der Waals surface area contributed by atoms with Gasteiger partial charge >= 0.3 is 0 Å². The molecule has 170 valence electrons. The second-order valence-electron chi connectivity index (χ2n) is 8.34. The fourth-order valence-electron chi connectivity index (χ4n) is 4.54. The zero-order valence-electron chi connectivity index (χ0n) is 18.4. The molecule has 3 aromatic carbocycles. The summed E-state index contributed by atoms with van der Waals surface area (Å²) >= 11 is 0. The van der Waals surface area contributed by atoms with Crippen molar-refractivity contribution >= 4 is 43.7 Å². The van der Waals surface area contributed by atoms with Crippen LogP contribution in [0.4, 0.5) is 5.95 Å². The van der Waals surface area contributed by atoms with Crippen molar-refractivity contribution in [2.24, 2.45) is 5.92 Å². The average Bonchev–Trinajstić information content (AvgIpc) is 3.20. The van der Waals surface area contributed by atoms with Crippen LogP contribution in [0, 0.1) is 5.92 Å². The maximum Gasteiger partial charge on any atom is 0.243 e. The van der Waals surface area contributed by atoms with E-state index in [4.69, 9.17) is 0 Å². The maximum atomic E-state index is 13.2.